The van der Waals surface area contributed by atoms with E-state index in [-0.39, 0.29) is 35.9 Å². The molecule has 0 N–H and O–H groups in total. The Kier molecular flexibility index (Phi) is 9.54. The summed E-state index contributed by atoms with van der Waals surface area (Å²) < 4.78 is 86.8. The fraction of sp³-hybridized carbons (Fsp3) is 0.562. The molecular formula is C32H38F6N2O3. The van der Waals surface area contributed by atoms with E-state index in [1.807, 2.05) is 30.3 Å². The number of hydrogen-bond acceptors (Lipinski definition) is 3. The Hall–Kier alpha value is -3.08. The summed E-state index contributed by atoms with van der Waals surface area (Å²) in [7, 11) is 3.17. The zero-order valence-electron chi connectivity index (χ0n) is 24.8. The van der Waals surface area contributed by atoms with Gasteiger partial charge in [-0.15, -0.1) is 0 Å². The zero-order valence-corrected chi connectivity index (χ0v) is 24.8. The van der Waals surface area contributed by atoms with Crippen molar-refractivity contribution in [3.8, 4) is 0 Å². The molecule has 0 unspecified atom stereocenters. The fourth-order valence-corrected chi connectivity index (χ4v) is 6.49. The maximum atomic E-state index is 14.0. The predicted octanol–water partition coefficient (Wildman–Crippen LogP) is 6.91. The van der Waals surface area contributed by atoms with Gasteiger partial charge in [0.2, 0.25) is 11.8 Å². The van der Waals surface area contributed by atoms with Gasteiger partial charge in [-0.05, 0) is 74.8 Å². The number of likely N-dealkylation sites (tertiary alicyclic amines) is 1. The molecule has 2 aromatic rings. The number of nitrogens with zero attached hydrogens (tertiary/aromatic N) is 2. The summed E-state index contributed by atoms with van der Waals surface area (Å²) in [6.45, 7) is 3.88. The summed E-state index contributed by atoms with van der Waals surface area (Å²) in [5.74, 6) is -0.650. The molecule has 0 bridgehead atoms. The van der Waals surface area contributed by atoms with Gasteiger partial charge in [-0.2, -0.15) is 26.3 Å². The largest absolute Gasteiger partial charge is 0.416 e. The molecule has 2 aliphatic rings. The van der Waals surface area contributed by atoms with E-state index in [0.717, 1.165) is 31.2 Å². The number of rotatable bonds is 7. The molecule has 4 rings (SSSR count). The van der Waals surface area contributed by atoms with Gasteiger partial charge in [0.1, 0.15) is 0 Å². The van der Waals surface area contributed by atoms with Gasteiger partial charge in [0.25, 0.3) is 0 Å². The number of ether oxygens (including phenoxy) is 1. The topological polar surface area (TPSA) is 49.9 Å². The quantitative estimate of drug-likeness (QED) is 0.320. The summed E-state index contributed by atoms with van der Waals surface area (Å²) in [6, 6.07) is 10.1. The summed E-state index contributed by atoms with van der Waals surface area (Å²) in [5.41, 5.74) is -4.17. The van der Waals surface area contributed by atoms with Gasteiger partial charge in [-0.3, -0.25) is 9.59 Å². The van der Waals surface area contributed by atoms with Crippen molar-refractivity contribution < 1.29 is 40.7 Å². The first-order valence-electron chi connectivity index (χ1n) is 14.4. The van der Waals surface area contributed by atoms with E-state index in [1.54, 1.807) is 12.0 Å². The van der Waals surface area contributed by atoms with Crippen molar-refractivity contribution in [2.24, 2.45) is 11.8 Å². The van der Waals surface area contributed by atoms with E-state index in [0.29, 0.717) is 31.2 Å². The number of hydrogen-bond donors (Lipinski definition) is 0. The average molecular weight is 613 g/mol. The smallest absolute Gasteiger partial charge is 0.384 e. The Morgan fingerprint density at radius 1 is 0.860 bits per heavy atom. The van der Waals surface area contributed by atoms with Crippen LogP contribution in [0.3, 0.4) is 0 Å². The number of benzene rings is 2. The molecule has 1 saturated carbocycles. The molecule has 5 nitrogen and oxygen atoms in total. The first kappa shape index (κ1) is 32.8. The summed E-state index contributed by atoms with van der Waals surface area (Å²) in [4.78, 5) is 30.8. The second-order valence-electron chi connectivity index (χ2n) is 12.3. The van der Waals surface area contributed by atoms with Crippen LogP contribution in [0.4, 0.5) is 26.3 Å². The summed E-state index contributed by atoms with van der Waals surface area (Å²) >= 11 is 0. The molecule has 1 heterocycles. The molecule has 236 valence electrons. The van der Waals surface area contributed by atoms with Crippen LogP contribution in [0.25, 0.3) is 0 Å². The lowest BCUT2D eigenvalue weighted by Gasteiger charge is -2.36. The van der Waals surface area contributed by atoms with E-state index in [1.165, 1.54) is 25.8 Å². The van der Waals surface area contributed by atoms with Crippen molar-refractivity contribution in [1.29, 1.82) is 0 Å². The molecule has 0 spiro atoms. The maximum absolute atomic E-state index is 14.0. The standard InChI is InChI=1S/C32H38F6N2O3/c1-30(2,23-14-24(31(33,34)35)16-25(15-23)32(36,37)38)29(42)39(3)27-18-40(17-26(27)21-8-6-5-7-9-21)28(41)22-12-10-20(11-13-22)19-43-4/h5-9,14-16,20,22,26-27H,10-13,17-19H2,1-4H3/t20-,22-,26-,27+/m0/s1. The minimum Gasteiger partial charge on any atom is -0.384 e. The summed E-state index contributed by atoms with van der Waals surface area (Å²) in [5, 5.41) is 0. The highest BCUT2D eigenvalue weighted by Gasteiger charge is 2.46. The van der Waals surface area contributed by atoms with Crippen LogP contribution < -0.4 is 0 Å². The highest BCUT2D eigenvalue weighted by molar-refractivity contribution is 5.88. The Labute approximate surface area is 248 Å². The number of alkyl halides is 6. The van der Waals surface area contributed by atoms with Gasteiger partial charge in [-0.25, -0.2) is 0 Å². The van der Waals surface area contributed by atoms with E-state index in [4.69, 9.17) is 4.74 Å². The Balaban J connectivity index is 1.62. The first-order chi connectivity index (χ1) is 20.0. The summed E-state index contributed by atoms with van der Waals surface area (Å²) in [6.07, 6.45) is -6.82. The third-order valence-electron chi connectivity index (χ3n) is 9.09. The highest BCUT2D eigenvalue weighted by Crippen LogP contribution is 2.41. The lowest BCUT2D eigenvalue weighted by Crippen LogP contribution is -2.49. The number of methoxy groups -OCH3 is 1. The lowest BCUT2D eigenvalue weighted by molar-refractivity contribution is -0.144. The van der Waals surface area contributed by atoms with Crippen molar-refractivity contribution in [3.63, 3.8) is 0 Å². The number of halogens is 6. The van der Waals surface area contributed by atoms with Crippen LogP contribution in [-0.4, -0.2) is 61.5 Å². The monoisotopic (exact) mass is 612 g/mol. The third kappa shape index (κ3) is 7.19. The minimum absolute atomic E-state index is 0.00658. The molecule has 1 aliphatic carbocycles. The van der Waals surface area contributed by atoms with Crippen molar-refractivity contribution in [3.05, 3.63) is 70.8 Å². The van der Waals surface area contributed by atoms with Gasteiger partial charge < -0.3 is 14.5 Å². The molecule has 1 saturated heterocycles. The fourth-order valence-electron chi connectivity index (χ4n) is 6.49. The SMILES string of the molecule is COC[C@H]1CC[C@H](C(=O)N2C[C@@H](N(C)C(=O)C(C)(C)c3cc(C(F)(F)F)cc(C(F)(F)F)c3)[C@H](c3ccccc3)C2)CC1. The molecule has 11 heteroatoms. The van der Waals surface area contributed by atoms with Crippen LogP contribution in [0.1, 0.15) is 67.7 Å². The maximum Gasteiger partial charge on any atom is 0.416 e. The molecule has 43 heavy (non-hydrogen) atoms. The lowest BCUT2D eigenvalue weighted by atomic mass is 9.80. The van der Waals surface area contributed by atoms with Crippen molar-refractivity contribution in [2.45, 2.75) is 69.3 Å². The molecule has 2 amide bonds. The van der Waals surface area contributed by atoms with Crippen molar-refractivity contribution >= 4 is 11.8 Å². The Morgan fingerprint density at radius 3 is 1.91 bits per heavy atom. The molecule has 1 aliphatic heterocycles. The molecule has 2 atom stereocenters. The van der Waals surface area contributed by atoms with E-state index in [9.17, 15) is 35.9 Å². The van der Waals surface area contributed by atoms with Crippen LogP contribution in [0, 0.1) is 11.8 Å². The number of carbonyl (C=O) groups is 2. The second-order valence-corrected chi connectivity index (χ2v) is 12.3. The highest BCUT2D eigenvalue weighted by atomic mass is 19.4. The Bertz CT molecular complexity index is 1250. The van der Waals surface area contributed by atoms with Crippen molar-refractivity contribution in [2.75, 3.05) is 33.9 Å². The van der Waals surface area contributed by atoms with Crippen LogP contribution in [-0.2, 0) is 32.1 Å². The van der Waals surface area contributed by atoms with Crippen molar-refractivity contribution in [1.82, 2.24) is 9.80 Å². The van der Waals surface area contributed by atoms with Gasteiger partial charge in [0.15, 0.2) is 0 Å². The molecule has 2 fully saturated rings. The van der Waals surface area contributed by atoms with E-state index in [2.05, 4.69) is 0 Å². The van der Waals surface area contributed by atoms with Crippen LogP contribution >= 0.6 is 0 Å². The van der Waals surface area contributed by atoms with E-state index >= 15 is 0 Å². The zero-order chi connectivity index (χ0) is 31.7. The number of amides is 2. The molecule has 2 aromatic carbocycles. The second kappa shape index (κ2) is 12.5. The Morgan fingerprint density at radius 2 is 1.40 bits per heavy atom. The minimum atomic E-state index is -5.03. The molecule has 0 radical (unpaired) electrons. The van der Waals surface area contributed by atoms with Gasteiger partial charge in [0, 0.05) is 45.7 Å². The van der Waals surface area contributed by atoms with Gasteiger partial charge in [-0.1, -0.05) is 30.3 Å². The predicted molar refractivity (Wildman–Crippen MR) is 149 cm³/mol. The molecule has 0 aromatic heterocycles. The third-order valence-corrected chi connectivity index (χ3v) is 9.09. The number of carbonyl (C=O) groups excluding carboxylic acids is 2. The van der Waals surface area contributed by atoms with E-state index < -0.39 is 40.8 Å². The van der Waals surface area contributed by atoms with Crippen LogP contribution in [0.15, 0.2) is 48.5 Å². The normalized spacial score (nSPS) is 23.3. The van der Waals surface area contributed by atoms with Crippen LogP contribution in [0.2, 0.25) is 0 Å². The van der Waals surface area contributed by atoms with Gasteiger partial charge >= 0.3 is 12.4 Å². The van der Waals surface area contributed by atoms with Gasteiger partial charge in [0.05, 0.1) is 22.6 Å². The van der Waals surface area contributed by atoms with Crippen LogP contribution in [0.5, 0.6) is 0 Å². The number of likely N-dealkylation sites (N-methyl/N-ethyl adjacent to an activating group) is 1. The average Bonchev–Trinajstić information content (AvgIpc) is 3.41. The first-order valence-corrected chi connectivity index (χ1v) is 14.4. The molecular weight excluding hydrogens is 574 g/mol.